The van der Waals surface area contributed by atoms with Crippen molar-refractivity contribution in [2.45, 2.75) is 12.8 Å². The number of ether oxygens (including phenoxy) is 1. The lowest BCUT2D eigenvalue weighted by atomic mass is 10.2. The minimum absolute atomic E-state index is 0.00149. The van der Waals surface area contributed by atoms with Crippen molar-refractivity contribution in [2.75, 3.05) is 6.61 Å². The third kappa shape index (κ3) is 4.25. The van der Waals surface area contributed by atoms with Crippen LogP contribution in [0.2, 0.25) is 0 Å². The van der Waals surface area contributed by atoms with E-state index in [1.165, 1.54) is 24.3 Å². The lowest BCUT2D eigenvalue weighted by molar-refractivity contribution is -0.384. The molecule has 0 aliphatic carbocycles. The summed E-state index contributed by atoms with van der Waals surface area (Å²) < 4.78 is 5.31. The van der Waals surface area contributed by atoms with Gasteiger partial charge in [-0.15, -0.1) is 0 Å². The lowest BCUT2D eigenvalue weighted by Crippen LogP contribution is -2.03. The van der Waals surface area contributed by atoms with Crippen LogP contribution in [0.5, 0.6) is 5.75 Å². The van der Waals surface area contributed by atoms with Crippen LogP contribution in [-0.2, 0) is 4.79 Å². The fourth-order valence-corrected chi connectivity index (χ4v) is 1.25. The highest BCUT2D eigenvalue weighted by atomic mass is 16.6. The van der Waals surface area contributed by atoms with Crippen LogP contribution in [-0.4, -0.2) is 22.6 Å². The fourth-order valence-electron chi connectivity index (χ4n) is 1.25. The Hall–Kier alpha value is -2.37. The molecule has 96 valence electrons. The molecule has 1 aromatic rings. The van der Waals surface area contributed by atoms with Gasteiger partial charge < -0.3 is 9.84 Å². The zero-order valence-electron chi connectivity index (χ0n) is 9.67. The molecule has 1 rings (SSSR count). The van der Waals surface area contributed by atoms with Gasteiger partial charge in [0.1, 0.15) is 5.75 Å². The SMILES string of the molecule is C=C(CCCOc1ccc([N+](=O)[O-])cc1)C(=O)O. The average molecular weight is 251 g/mol. The normalized spacial score (nSPS) is 9.78. The minimum atomic E-state index is -1.01. The highest BCUT2D eigenvalue weighted by Gasteiger charge is 2.05. The van der Waals surface area contributed by atoms with Crippen LogP contribution in [0.1, 0.15) is 12.8 Å². The molecule has 0 atom stereocenters. The van der Waals surface area contributed by atoms with E-state index in [4.69, 9.17) is 9.84 Å². The molecule has 0 amide bonds. The Bertz CT molecular complexity index is 452. The third-order valence-electron chi connectivity index (χ3n) is 2.24. The van der Waals surface area contributed by atoms with E-state index in [-0.39, 0.29) is 11.3 Å². The average Bonchev–Trinajstić information content (AvgIpc) is 2.34. The summed E-state index contributed by atoms with van der Waals surface area (Å²) in [6, 6.07) is 5.71. The number of nitrogens with zero attached hydrogens (tertiary/aromatic N) is 1. The van der Waals surface area contributed by atoms with Gasteiger partial charge in [-0.05, 0) is 25.0 Å². The van der Waals surface area contributed by atoms with Gasteiger partial charge in [-0.25, -0.2) is 4.79 Å². The summed E-state index contributed by atoms with van der Waals surface area (Å²) in [4.78, 5) is 20.4. The first-order valence-electron chi connectivity index (χ1n) is 5.29. The van der Waals surface area contributed by atoms with Crippen molar-refractivity contribution >= 4 is 11.7 Å². The summed E-state index contributed by atoms with van der Waals surface area (Å²) in [6.07, 6.45) is 0.879. The number of nitro groups is 1. The van der Waals surface area contributed by atoms with E-state index < -0.39 is 10.9 Å². The Morgan fingerprint density at radius 2 is 2.00 bits per heavy atom. The number of carboxylic acids is 1. The van der Waals surface area contributed by atoms with Gasteiger partial charge in [0, 0.05) is 17.7 Å². The first kappa shape index (κ1) is 13.7. The number of non-ortho nitro benzene ring substituents is 1. The van der Waals surface area contributed by atoms with Gasteiger partial charge in [0.15, 0.2) is 0 Å². The van der Waals surface area contributed by atoms with E-state index >= 15 is 0 Å². The van der Waals surface area contributed by atoms with Crippen molar-refractivity contribution in [1.29, 1.82) is 0 Å². The number of hydrogen-bond donors (Lipinski definition) is 1. The molecule has 0 unspecified atom stereocenters. The molecule has 0 heterocycles. The molecule has 6 nitrogen and oxygen atoms in total. The maximum Gasteiger partial charge on any atom is 0.330 e. The first-order valence-corrected chi connectivity index (χ1v) is 5.29. The van der Waals surface area contributed by atoms with Gasteiger partial charge in [0.2, 0.25) is 0 Å². The maximum atomic E-state index is 10.5. The molecule has 0 aliphatic rings. The minimum Gasteiger partial charge on any atom is -0.494 e. The Kier molecular flexibility index (Phi) is 4.86. The van der Waals surface area contributed by atoms with Crippen molar-refractivity contribution < 1.29 is 19.6 Å². The van der Waals surface area contributed by atoms with Crippen LogP contribution in [0.4, 0.5) is 5.69 Å². The predicted octanol–water partition coefficient (Wildman–Crippen LogP) is 2.39. The van der Waals surface area contributed by atoms with E-state index in [1.54, 1.807) is 0 Å². The molecule has 0 aliphatic heterocycles. The quantitative estimate of drug-likeness (QED) is 0.348. The van der Waals surface area contributed by atoms with Gasteiger partial charge >= 0.3 is 5.97 Å². The van der Waals surface area contributed by atoms with Gasteiger partial charge in [-0.3, -0.25) is 10.1 Å². The van der Waals surface area contributed by atoms with Crippen LogP contribution in [0, 0.1) is 10.1 Å². The Morgan fingerprint density at radius 1 is 1.39 bits per heavy atom. The van der Waals surface area contributed by atoms with Crippen LogP contribution in [0.3, 0.4) is 0 Å². The number of carbonyl (C=O) groups is 1. The highest BCUT2D eigenvalue weighted by Crippen LogP contribution is 2.17. The first-order chi connectivity index (χ1) is 8.50. The zero-order chi connectivity index (χ0) is 13.5. The Balaban J connectivity index is 2.34. The molecule has 1 N–H and O–H groups in total. The third-order valence-corrected chi connectivity index (χ3v) is 2.24. The van der Waals surface area contributed by atoms with Gasteiger partial charge in [-0.1, -0.05) is 6.58 Å². The number of nitro benzene ring substituents is 1. The molecule has 18 heavy (non-hydrogen) atoms. The summed E-state index contributed by atoms with van der Waals surface area (Å²) >= 11 is 0. The van der Waals surface area contributed by atoms with E-state index in [2.05, 4.69) is 6.58 Å². The molecule has 0 aromatic heterocycles. The molecular weight excluding hydrogens is 238 g/mol. The monoisotopic (exact) mass is 251 g/mol. The lowest BCUT2D eigenvalue weighted by Gasteiger charge is -2.05. The number of rotatable bonds is 7. The van der Waals surface area contributed by atoms with Crippen LogP contribution >= 0.6 is 0 Å². The molecule has 0 fully saturated rings. The molecule has 0 spiro atoms. The standard InChI is InChI=1S/C12H13NO5/c1-9(12(14)15)3-2-8-18-11-6-4-10(5-7-11)13(16)17/h4-7H,1-3,8H2,(H,14,15). The second kappa shape index (κ2) is 6.39. The van der Waals surface area contributed by atoms with Crippen molar-refractivity contribution in [3.05, 3.63) is 46.5 Å². The van der Waals surface area contributed by atoms with Crippen molar-refractivity contribution in [1.82, 2.24) is 0 Å². The summed E-state index contributed by atoms with van der Waals surface area (Å²) in [6.45, 7) is 3.74. The zero-order valence-corrected chi connectivity index (χ0v) is 9.67. The summed E-state index contributed by atoms with van der Waals surface area (Å²) in [7, 11) is 0. The Morgan fingerprint density at radius 3 is 2.50 bits per heavy atom. The van der Waals surface area contributed by atoms with Crippen molar-refractivity contribution in [2.24, 2.45) is 0 Å². The van der Waals surface area contributed by atoms with Gasteiger partial charge in [-0.2, -0.15) is 0 Å². The van der Waals surface area contributed by atoms with Gasteiger partial charge in [0.25, 0.3) is 5.69 Å². The molecule has 0 bridgehead atoms. The largest absolute Gasteiger partial charge is 0.494 e. The van der Waals surface area contributed by atoms with Crippen molar-refractivity contribution in [3.63, 3.8) is 0 Å². The summed E-state index contributed by atoms with van der Waals surface area (Å²) in [5.74, 6) is -0.494. The molecule has 0 saturated carbocycles. The number of carboxylic acid groups (broad SMARTS) is 1. The van der Waals surface area contributed by atoms with Crippen LogP contribution < -0.4 is 4.74 Å². The highest BCUT2D eigenvalue weighted by molar-refractivity contribution is 5.85. The van der Waals surface area contributed by atoms with E-state index in [0.29, 0.717) is 25.2 Å². The van der Waals surface area contributed by atoms with Crippen LogP contribution in [0.15, 0.2) is 36.4 Å². The molecule has 0 saturated heterocycles. The van der Waals surface area contributed by atoms with Gasteiger partial charge in [0.05, 0.1) is 11.5 Å². The van der Waals surface area contributed by atoms with E-state index in [9.17, 15) is 14.9 Å². The smallest absolute Gasteiger partial charge is 0.330 e. The number of hydrogen-bond acceptors (Lipinski definition) is 4. The second-order valence-corrected chi connectivity index (χ2v) is 3.61. The number of aliphatic carboxylic acids is 1. The molecule has 1 aromatic carbocycles. The fraction of sp³-hybridized carbons (Fsp3) is 0.250. The summed E-state index contributed by atoms with van der Waals surface area (Å²) in [5, 5.41) is 19.0. The molecular formula is C12H13NO5. The summed E-state index contributed by atoms with van der Waals surface area (Å²) in [5.41, 5.74) is 0.143. The van der Waals surface area contributed by atoms with E-state index in [0.717, 1.165) is 0 Å². The molecule has 0 radical (unpaired) electrons. The van der Waals surface area contributed by atoms with Crippen LogP contribution in [0.25, 0.3) is 0 Å². The Labute approximate surface area is 104 Å². The maximum absolute atomic E-state index is 10.5. The molecule has 6 heteroatoms. The van der Waals surface area contributed by atoms with E-state index in [1.807, 2.05) is 0 Å². The number of benzene rings is 1. The second-order valence-electron chi connectivity index (χ2n) is 3.61. The predicted molar refractivity (Wildman–Crippen MR) is 64.6 cm³/mol. The van der Waals surface area contributed by atoms with Crippen molar-refractivity contribution in [3.8, 4) is 5.75 Å². The topological polar surface area (TPSA) is 89.7 Å².